The molecular weight excluding hydrogens is 1140 g/mol. The molecule has 4 aromatic carbocycles. The van der Waals surface area contributed by atoms with Crippen LogP contribution in [-0.2, 0) is 43.4 Å². The van der Waals surface area contributed by atoms with E-state index in [1.807, 2.05) is 0 Å². The molecule has 0 spiro atoms. The molecule has 84 heavy (non-hydrogen) atoms. The van der Waals surface area contributed by atoms with Crippen molar-refractivity contribution in [1.29, 1.82) is 0 Å². The zero-order valence-corrected chi connectivity index (χ0v) is 49.7. The minimum Gasteiger partial charge on any atom is -0.489 e. The van der Waals surface area contributed by atoms with Crippen LogP contribution in [0.15, 0.2) is 119 Å². The Morgan fingerprint density at radius 3 is 1.37 bits per heavy atom. The highest BCUT2D eigenvalue weighted by atomic mass is 32.2. The van der Waals surface area contributed by atoms with E-state index in [0.29, 0.717) is 52.0 Å². The first-order chi connectivity index (χ1) is 39.7. The smallest absolute Gasteiger partial charge is 0.278 e. The van der Waals surface area contributed by atoms with Gasteiger partial charge in [0.15, 0.2) is 31.3 Å². The number of benzene rings is 4. The topological polar surface area (TPSA) is 321 Å². The average molecular weight is 1220 g/mol. The van der Waals surface area contributed by atoms with Crippen LogP contribution < -0.4 is 31.6 Å². The van der Waals surface area contributed by atoms with E-state index >= 15 is 0 Å². The Morgan fingerprint density at radius 1 is 0.583 bits per heavy atom. The molecule has 0 saturated carbocycles. The molecule has 0 radical (unpaired) electrons. The van der Waals surface area contributed by atoms with E-state index in [9.17, 15) is 31.5 Å². The van der Waals surface area contributed by atoms with Gasteiger partial charge in [0.05, 0.1) is 104 Å². The van der Waals surface area contributed by atoms with Gasteiger partial charge in [0.1, 0.15) is 24.7 Å². The van der Waals surface area contributed by atoms with E-state index in [0.717, 1.165) is 4.31 Å². The number of nitrogen functional groups attached to an aromatic ring is 2. The molecule has 454 valence electrons. The Kier molecular flexibility index (Phi) is 24.2. The van der Waals surface area contributed by atoms with Gasteiger partial charge in [0.2, 0.25) is 20.0 Å². The first kappa shape index (κ1) is 66.1. The van der Waals surface area contributed by atoms with Crippen LogP contribution in [0.5, 0.6) is 11.5 Å². The van der Waals surface area contributed by atoms with Crippen molar-refractivity contribution in [2.45, 2.75) is 56.1 Å². The fraction of sp³-hybridized carbons (Fsp3) is 0.404. The number of amides is 2. The number of aromatic nitrogens is 4. The Balaban J connectivity index is 0.000000270. The molecule has 4 aliphatic rings. The van der Waals surface area contributed by atoms with Gasteiger partial charge in [-0.1, -0.05) is 76.7 Å². The number of hydrogen-bond acceptors (Lipinski definition) is 20. The summed E-state index contributed by atoms with van der Waals surface area (Å²) in [6.07, 6.45) is 2.84. The molecule has 2 aromatic heterocycles. The summed E-state index contributed by atoms with van der Waals surface area (Å²) in [5.74, 6) is -0.343. The van der Waals surface area contributed by atoms with Crippen molar-refractivity contribution < 1.29 is 64.4 Å². The highest BCUT2D eigenvalue weighted by molar-refractivity contribution is 7.89. The van der Waals surface area contributed by atoms with E-state index < -0.39 is 40.2 Å². The molecule has 7 N–H and O–H groups in total. The fourth-order valence-corrected chi connectivity index (χ4v) is 11.7. The van der Waals surface area contributed by atoms with Crippen LogP contribution in [-0.4, -0.2) is 176 Å². The van der Waals surface area contributed by atoms with E-state index in [-0.39, 0.29) is 144 Å². The maximum atomic E-state index is 13.8. The molecule has 0 saturated heterocycles. The van der Waals surface area contributed by atoms with Crippen molar-refractivity contribution in [1.82, 2.24) is 28.5 Å². The second-order valence-corrected chi connectivity index (χ2v) is 28.9. The summed E-state index contributed by atoms with van der Waals surface area (Å²) in [5, 5.41) is 14.9. The van der Waals surface area contributed by atoms with Crippen molar-refractivity contribution in [2.75, 3.05) is 128 Å². The lowest BCUT2D eigenvalue weighted by molar-refractivity contribution is 0.0334. The number of nitrogens with two attached hydrogens (primary N) is 2. The highest BCUT2D eigenvalue weighted by Crippen LogP contribution is 2.37. The highest BCUT2D eigenvalue weighted by Gasteiger charge is 2.37. The van der Waals surface area contributed by atoms with Gasteiger partial charge in [0.25, 0.3) is 11.8 Å². The molecule has 0 unspecified atom stereocenters. The molecule has 27 heteroatoms. The zero-order chi connectivity index (χ0) is 59.6. The van der Waals surface area contributed by atoms with Gasteiger partial charge in [-0.15, -0.1) is 0 Å². The number of fused-ring (bicyclic) bond motifs is 26. The van der Waals surface area contributed by atoms with E-state index in [1.54, 1.807) is 72.8 Å². The molecule has 10 rings (SSSR count). The lowest BCUT2D eigenvalue weighted by atomic mass is 10.1. The number of para-hydroxylation sites is 4. The zero-order valence-electron chi connectivity index (χ0n) is 47.1. The maximum absolute atomic E-state index is 13.8. The van der Waals surface area contributed by atoms with Crippen LogP contribution in [0, 0.1) is 0 Å². The largest absolute Gasteiger partial charge is 0.489 e. The van der Waals surface area contributed by atoms with E-state index in [4.69, 9.17) is 44.3 Å². The monoisotopic (exact) mass is 1220 g/mol. The molecule has 0 fully saturated rings. The first-order valence-corrected chi connectivity index (χ1v) is 32.6. The molecule has 6 aromatic rings. The Morgan fingerprint density at radius 2 is 0.964 bits per heavy atom. The predicted molar refractivity (Wildman–Crippen MR) is 321 cm³/mol. The lowest BCUT2D eigenvalue weighted by Gasteiger charge is -2.36. The molecule has 2 amide bonds. The number of hydrogen-bond donors (Lipinski definition) is 5. The third-order valence-electron chi connectivity index (χ3n) is 13.5. The normalized spacial score (nSPS) is 17.1. The second-order valence-electron chi connectivity index (χ2n) is 20.2. The molecule has 24 nitrogen and oxygen atoms in total. The van der Waals surface area contributed by atoms with Crippen molar-refractivity contribution in [3.05, 3.63) is 121 Å². The molecular formula is C57H76N10O14S2Si. The van der Waals surface area contributed by atoms with Gasteiger partial charge in [0, 0.05) is 43.9 Å². The predicted octanol–water partition coefficient (Wildman–Crippen LogP) is 6.44. The van der Waals surface area contributed by atoms with Crippen molar-refractivity contribution in [3.63, 3.8) is 0 Å². The second kappa shape index (κ2) is 30.7. The molecule has 0 aliphatic carbocycles. The fourth-order valence-electron chi connectivity index (χ4n) is 7.89. The lowest BCUT2D eigenvalue weighted by Crippen LogP contribution is -2.44. The first-order valence-electron chi connectivity index (χ1n) is 26.8. The maximum Gasteiger partial charge on any atom is 0.278 e. The Bertz CT molecular complexity index is 3360. The number of sulfonamides is 2. The SMILES string of the molecule is C.CC(C)(C)[Si](C)(C)OCCN1CCOCCOCCOc2ccccc2NC(=O)c2nc(cnc2N)-c2ccc(cc2)S1(=O)=O.Nc1ncc2nc1C(=O)Nc1ccccc1OCCOCCOCCN(CCO)S(=O)(=O)c1ccc-2cc1. The molecule has 6 heterocycles. The third kappa shape index (κ3) is 17.8. The summed E-state index contributed by atoms with van der Waals surface area (Å²) in [6.45, 7) is 13.4. The van der Waals surface area contributed by atoms with Gasteiger partial charge in [-0.2, -0.15) is 8.61 Å². The number of carbonyl (C=O) groups is 2. The number of nitrogens with zero attached hydrogens (tertiary/aromatic N) is 6. The number of aliphatic hydroxyl groups is 1. The minimum absolute atomic E-state index is 0. The van der Waals surface area contributed by atoms with Crippen molar-refractivity contribution in [2.24, 2.45) is 0 Å². The molecule has 4 aliphatic heterocycles. The number of rotatable bonds is 6. The summed E-state index contributed by atoms with van der Waals surface area (Å²) in [5.41, 5.74) is 14.5. The van der Waals surface area contributed by atoms with Crippen molar-refractivity contribution in [3.8, 4) is 34.0 Å². The van der Waals surface area contributed by atoms with Gasteiger partial charge >= 0.3 is 0 Å². The standard InChI is InChI=1S/C31H43N5O7SSi.C25H29N5O7S.CH4/c1-31(2,3)45(4,5)43-17-15-36-14-16-40-18-19-41-20-21-42-27-9-7-6-8-25(27)35-30(37)28-29(32)33-22-26(34-28)23-10-12-24(13-11-23)44(36,38)39;26-24-23-25(32)29-20-3-1-2-4-22(20)37-16-15-36-14-13-35-12-10-30(9-11-31)38(33,34)19-7-5-18(6-8-19)21(28-23)17-27-24;/h6-13,22H,14-21H2,1-5H3,(H2,32,33)(H,35,37);1-8,17,31H,9-16H2,(H2,26,27)(H,29,32);1H4. The van der Waals surface area contributed by atoms with Crippen molar-refractivity contribution >= 4 is 63.2 Å². The van der Waals surface area contributed by atoms with Gasteiger partial charge in [-0.25, -0.2) is 36.8 Å². The average Bonchev–Trinajstić information content (AvgIpc) is 3.50. The molecule has 0 atom stereocenters. The van der Waals surface area contributed by atoms with Gasteiger partial charge in [-0.3, -0.25) is 9.59 Å². The van der Waals surface area contributed by atoms with Crippen LogP contribution in [0.3, 0.4) is 0 Å². The van der Waals surface area contributed by atoms with Gasteiger partial charge in [-0.05, 0) is 66.7 Å². The van der Waals surface area contributed by atoms with E-state index in [2.05, 4.69) is 64.4 Å². The Labute approximate surface area is 492 Å². The third-order valence-corrected chi connectivity index (χ3v) is 21.9. The Hall–Kier alpha value is -7.02. The summed E-state index contributed by atoms with van der Waals surface area (Å²) in [4.78, 5) is 43.5. The summed E-state index contributed by atoms with van der Waals surface area (Å²) in [7, 11) is -9.86. The van der Waals surface area contributed by atoms with Gasteiger partial charge < -0.3 is 60.1 Å². The number of nitrogens with one attached hydrogen (secondary N) is 2. The van der Waals surface area contributed by atoms with Crippen LogP contribution in [0.2, 0.25) is 18.1 Å². The van der Waals surface area contributed by atoms with Crippen LogP contribution in [0.25, 0.3) is 22.5 Å². The quantitative estimate of drug-likeness (QED) is 0.0885. The van der Waals surface area contributed by atoms with Crippen LogP contribution >= 0.6 is 0 Å². The number of anilines is 4. The summed E-state index contributed by atoms with van der Waals surface area (Å²) < 4.78 is 96.8. The summed E-state index contributed by atoms with van der Waals surface area (Å²) in [6, 6.07) is 26.2. The van der Waals surface area contributed by atoms with Crippen LogP contribution in [0.1, 0.15) is 49.2 Å². The molecule has 8 bridgehead atoms. The van der Waals surface area contributed by atoms with Crippen LogP contribution in [0.4, 0.5) is 23.0 Å². The van der Waals surface area contributed by atoms with E-state index in [1.165, 1.54) is 41.0 Å². The number of aliphatic hydroxyl groups excluding tert-OH is 1. The summed E-state index contributed by atoms with van der Waals surface area (Å²) >= 11 is 0. The minimum atomic E-state index is -3.89. The number of ether oxygens (including phenoxy) is 6. The number of carbonyl (C=O) groups excluding carboxylic acids is 2.